The third-order valence-corrected chi connectivity index (χ3v) is 6.43. The summed E-state index contributed by atoms with van der Waals surface area (Å²) in [6.45, 7) is 1.80. The molecule has 4 aliphatic rings. The fourth-order valence-corrected chi connectivity index (χ4v) is 5.92. The molecule has 0 saturated heterocycles. The summed E-state index contributed by atoms with van der Waals surface area (Å²) in [4.78, 5) is 27.0. The number of carbonyl (C=O) groups is 1. The number of thiazole rings is 1. The third-order valence-electron chi connectivity index (χ3n) is 5.45. The fourth-order valence-electron chi connectivity index (χ4n) is 5.18. The van der Waals surface area contributed by atoms with Crippen LogP contribution in [0.3, 0.4) is 0 Å². The van der Waals surface area contributed by atoms with Crippen LogP contribution in [0.2, 0.25) is 0 Å². The molecule has 0 spiro atoms. The van der Waals surface area contributed by atoms with Crippen molar-refractivity contribution >= 4 is 17.2 Å². The molecule has 1 heterocycles. The van der Waals surface area contributed by atoms with Gasteiger partial charge in [-0.2, -0.15) is 0 Å². The quantitative estimate of drug-likeness (QED) is 0.879. The molecule has 0 unspecified atom stereocenters. The first-order valence-electron chi connectivity index (χ1n) is 7.55. The van der Waals surface area contributed by atoms with Crippen LogP contribution >= 0.6 is 11.3 Å². The van der Waals surface area contributed by atoms with E-state index in [1.54, 1.807) is 6.92 Å². The first-order chi connectivity index (χ1) is 9.53. The van der Waals surface area contributed by atoms with Crippen LogP contribution in [-0.4, -0.2) is 16.4 Å². The molecule has 4 aliphatic carbocycles. The van der Waals surface area contributed by atoms with E-state index < -0.39 is 0 Å². The Morgan fingerprint density at radius 3 is 2.20 bits per heavy atom. The lowest BCUT2D eigenvalue weighted by Gasteiger charge is -2.56. The second-order valence-corrected chi connectivity index (χ2v) is 8.10. The van der Waals surface area contributed by atoms with E-state index in [0.717, 1.165) is 48.4 Å². The van der Waals surface area contributed by atoms with Gasteiger partial charge in [-0.05, 0) is 63.2 Å². The molecule has 20 heavy (non-hydrogen) atoms. The van der Waals surface area contributed by atoms with Gasteiger partial charge in [0, 0.05) is 11.2 Å². The molecule has 0 aromatic carbocycles. The average Bonchev–Trinajstić information content (AvgIpc) is 2.66. The Bertz CT molecular complexity index is 580. The molecule has 4 fully saturated rings. The van der Waals surface area contributed by atoms with Gasteiger partial charge in [-0.15, -0.1) is 0 Å². The Morgan fingerprint density at radius 2 is 1.75 bits per heavy atom. The maximum atomic E-state index is 12.5. The SMILES string of the molecule is Cc1[nH]c(=O)sc1C(=O)NC12CC3CC(CC(C3)C1)C2. The van der Waals surface area contributed by atoms with Crippen LogP contribution in [0, 0.1) is 24.7 Å². The molecule has 4 saturated carbocycles. The molecule has 0 radical (unpaired) electrons. The molecule has 5 rings (SSSR count). The number of hydrogen-bond acceptors (Lipinski definition) is 3. The molecule has 108 valence electrons. The summed E-state index contributed by atoms with van der Waals surface area (Å²) < 4.78 is 0. The van der Waals surface area contributed by atoms with E-state index in [4.69, 9.17) is 0 Å². The van der Waals surface area contributed by atoms with Crippen LogP contribution in [0.25, 0.3) is 0 Å². The largest absolute Gasteiger partial charge is 0.346 e. The van der Waals surface area contributed by atoms with Crippen LogP contribution in [0.15, 0.2) is 4.79 Å². The summed E-state index contributed by atoms with van der Waals surface area (Å²) in [5, 5.41) is 3.31. The highest BCUT2D eigenvalue weighted by molar-refractivity contribution is 7.11. The van der Waals surface area contributed by atoms with Gasteiger partial charge in [-0.25, -0.2) is 0 Å². The van der Waals surface area contributed by atoms with Gasteiger partial charge in [-0.1, -0.05) is 11.3 Å². The Morgan fingerprint density at radius 1 is 1.20 bits per heavy atom. The van der Waals surface area contributed by atoms with Gasteiger partial charge in [0.2, 0.25) is 0 Å². The van der Waals surface area contributed by atoms with Gasteiger partial charge in [0.1, 0.15) is 4.88 Å². The summed E-state index contributed by atoms with van der Waals surface area (Å²) in [5.74, 6) is 2.39. The van der Waals surface area contributed by atoms with Crippen molar-refractivity contribution in [1.82, 2.24) is 10.3 Å². The van der Waals surface area contributed by atoms with Crippen molar-refractivity contribution in [3.63, 3.8) is 0 Å². The second-order valence-electron chi connectivity index (χ2n) is 7.12. The van der Waals surface area contributed by atoms with Gasteiger partial charge >= 0.3 is 4.87 Å². The zero-order valence-corrected chi connectivity index (χ0v) is 12.5. The average molecular weight is 292 g/mol. The number of aromatic amines is 1. The normalized spacial score (nSPS) is 38.1. The van der Waals surface area contributed by atoms with Crippen molar-refractivity contribution < 1.29 is 4.79 Å². The second kappa shape index (κ2) is 4.20. The van der Waals surface area contributed by atoms with Gasteiger partial charge < -0.3 is 10.3 Å². The van der Waals surface area contributed by atoms with Crippen molar-refractivity contribution in [2.45, 2.75) is 51.0 Å². The Kier molecular flexibility index (Phi) is 2.65. The Hall–Kier alpha value is -1.10. The van der Waals surface area contributed by atoms with E-state index in [1.807, 2.05) is 0 Å². The zero-order valence-electron chi connectivity index (χ0n) is 11.7. The van der Waals surface area contributed by atoms with Crippen LogP contribution in [0.5, 0.6) is 0 Å². The highest BCUT2D eigenvalue weighted by Gasteiger charge is 2.51. The summed E-state index contributed by atoms with van der Waals surface area (Å²) in [6, 6.07) is 0. The summed E-state index contributed by atoms with van der Waals surface area (Å²) in [6.07, 6.45) is 7.53. The maximum Gasteiger partial charge on any atom is 0.305 e. The minimum Gasteiger partial charge on any atom is -0.346 e. The Balaban J connectivity index is 1.58. The highest BCUT2D eigenvalue weighted by Crippen LogP contribution is 2.55. The summed E-state index contributed by atoms with van der Waals surface area (Å²) in [7, 11) is 0. The van der Waals surface area contributed by atoms with Crippen molar-refractivity contribution in [2.75, 3.05) is 0 Å². The van der Waals surface area contributed by atoms with Gasteiger partial charge in [0.15, 0.2) is 0 Å². The minimum atomic E-state index is -0.141. The molecule has 4 nitrogen and oxygen atoms in total. The van der Waals surface area contributed by atoms with Gasteiger partial charge in [-0.3, -0.25) is 9.59 Å². The predicted octanol–water partition coefficient (Wildman–Crippen LogP) is 2.44. The van der Waals surface area contributed by atoms with Crippen molar-refractivity contribution in [3.05, 3.63) is 20.2 Å². The molecule has 1 aromatic rings. The summed E-state index contributed by atoms with van der Waals surface area (Å²) in [5.41, 5.74) is 0.716. The molecule has 1 amide bonds. The number of nitrogens with one attached hydrogen (secondary N) is 2. The zero-order chi connectivity index (χ0) is 13.9. The lowest BCUT2D eigenvalue weighted by atomic mass is 9.53. The minimum absolute atomic E-state index is 0.0192. The molecule has 1 aromatic heterocycles. The van der Waals surface area contributed by atoms with E-state index in [2.05, 4.69) is 10.3 Å². The van der Waals surface area contributed by atoms with Crippen molar-refractivity contribution in [1.29, 1.82) is 0 Å². The van der Waals surface area contributed by atoms with Crippen molar-refractivity contribution in [2.24, 2.45) is 17.8 Å². The highest BCUT2D eigenvalue weighted by atomic mass is 32.1. The summed E-state index contributed by atoms with van der Waals surface area (Å²) >= 11 is 1.03. The predicted molar refractivity (Wildman–Crippen MR) is 78.0 cm³/mol. The van der Waals surface area contributed by atoms with E-state index in [9.17, 15) is 9.59 Å². The van der Waals surface area contributed by atoms with Gasteiger partial charge in [0.05, 0.1) is 0 Å². The van der Waals surface area contributed by atoms with E-state index in [0.29, 0.717) is 10.6 Å². The number of aryl methyl sites for hydroxylation is 1. The number of H-pyrrole nitrogens is 1. The first-order valence-corrected chi connectivity index (χ1v) is 8.37. The maximum absolute atomic E-state index is 12.5. The lowest BCUT2D eigenvalue weighted by molar-refractivity contribution is -0.0166. The number of rotatable bonds is 2. The van der Waals surface area contributed by atoms with Crippen LogP contribution in [0.1, 0.15) is 53.9 Å². The van der Waals surface area contributed by atoms with Crippen LogP contribution in [-0.2, 0) is 0 Å². The monoisotopic (exact) mass is 292 g/mol. The Labute approximate surface area is 122 Å². The number of amides is 1. The fraction of sp³-hybridized carbons (Fsp3) is 0.733. The number of carbonyl (C=O) groups excluding carboxylic acids is 1. The molecular weight excluding hydrogens is 272 g/mol. The smallest absolute Gasteiger partial charge is 0.305 e. The lowest BCUT2D eigenvalue weighted by Crippen LogP contribution is -2.59. The van der Waals surface area contributed by atoms with E-state index >= 15 is 0 Å². The first kappa shape index (κ1) is 12.6. The molecule has 0 aliphatic heterocycles. The van der Waals surface area contributed by atoms with E-state index in [-0.39, 0.29) is 16.3 Å². The molecule has 0 atom stereocenters. The van der Waals surface area contributed by atoms with Crippen LogP contribution < -0.4 is 10.2 Å². The van der Waals surface area contributed by atoms with E-state index in [1.165, 1.54) is 19.3 Å². The molecule has 5 heteroatoms. The van der Waals surface area contributed by atoms with Crippen LogP contribution in [0.4, 0.5) is 0 Å². The molecular formula is C15H20N2O2S. The van der Waals surface area contributed by atoms with Crippen molar-refractivity contribution in [3.8, 4) is 0 Å². The molecule has 2 N–H and O–H groups in total. The third kappa shape index (κ3) is 1.94. The number of aromatic nitrogens is 1. The standard InChI is InChI=1S/C15H20N2O2S/c1-8-12(20-14(19)16-8)13(18)17-15-5-9-2-10(6-15)4-11(3-9)7-15/h9-11H,2-7H2,1H3,(H,16,19)(H,17,18). The molecule has 4 bridgehead atoms. The number of hydrogen-bond donors (Lipinski definition) is 2. The topological polar surface area (TPSA) is 62.0 Å². The van der Waals surface area contributed by atoms with Gasteiger partial charge in [0.25, 0.3) is 5.91 Å².